The average molecular weight is 403 g/mol. The molecule has 1 fully saturated rings. The lowest BCUT2D eigenvalue weighted by molar-refractivity contribution is 0.0791. The summed E-state index contributed by atoms with van der Waals surface area (Å²) in [6.07, 6.45) is 4.45. The first-order valence-electron chi connectivity index (χ1n) is 9.67. The summed E-state index contributed by atoms with van der Waals surface area (Å²) in [5, 5.41) is 0.881. The molecule has 1 aromatic carbocycles. The fraction of sp³-hybridized carbons (Fsp3) is 0.429. The molecular formula is C21H27FN4OS. The van der Waals surface area contributed by atoms with Crippen LogP contribution in [0.4, 0.5) is 4.39 Å². The number of hydrogen-bond acceptors (Lipinski definition) is 5. The number of pyridine rings is 1. The molecule has 2 aromatic rings. The minimum absolute atomic E-state index is 0.0236. The van der Waals surface area contributed by atoms with Crippen molar-refractivity contribution < 1.29 is 9.18 Å². The minimum atomic E-state index is -0.209. The molecule has 7 heteroatoms. The first kappa shape index (κ1) is 20.8. The van der Waals surface area contributed by atoms with Gasteiger partial charge in [-0.2, -0.15) is 0 Å². The number of aromatic nitrogens is 1. The van der Waals surface area contributed by atoms with Gasteiger partial charge in [-0.05, 0) is 54.8 Å². The minimum Gasteiger partial charge on any atom is -0.342 e. The molecule has 0 spiro atoms. The maximum Gasteiger partial charge on any atom is 0.253 e. The third kappa shape index (κ3) is 5.53. The Bertz CT molecular complexity index is 803. The van der Waals surface area contributed by atoms with E-state index in [1.807, 2.05) is 19.2 Å². The van der Waals surface area contributed by atoms with Crippen LogP contribution in [0.1, 0.15) is 48.1 Å². The highest BCUT2D eigenvalue weighted by molar-refractivity contribution is 7.99. The van der Waals surface area contributed by atoms with Crippen LogP contribution < -0.4 is 10.9 Å². The molecule has 2 atom stereocenters. The molecule has 1 aliphatic heterocycles. The number of rotatable bonds is 8. The monoisotopic (exact) mass is 402 g/mol. The fourth-order valence-electron chi connectivity index (χ4n) is 3.42. The third-order valence-corrected chi connectivity index (χ3v) is 5.71. The van der Waals surface area contributed by atoms with Gasteiger partial charge in [0.2, 0.25) is 0 Å². The number of amides is 1. The van der Waals surface area contributed by atoms with E-state index in [1.54, 1.807) is 41.1 Å². The van der Waals surface area contributed by atoms with Gasteiger partial charge < -0.3 is 4.90 Å². The van der Waals surface area contributed by atoms with E-state index in [0.29, 0.717) is 18.2 Å². The van der Waals surface area contributed by atoms with Crippen molar-refractivity contribution in [2.24, 2.45) is 0 Å². The molecule has 0 radical (unpaired) electrons. The highest BCUT2D eigenvalue weighted by Crippen LogP contribution is 2.24. The third-order valence-electron chi connectivity index (χ3n) is 4.90. The van der Waals surface area contributed by atoms with Crippen LogP contribution in [-0.2, 0) is 0 Å². The summed E-state index contributed by atoms with van der Waals surface area (Å²) in [6.45, 7) is 2.76. The zero-order valence-electron chi connectivity index (χ0n) is 16.3. The summed E-state index contributed by atoms with van der Waals surface area (Å²) >= 11 is 1.63. The van der Waals surface area contributed by atoms with Crippen molar-refractivity contribution in [1.29, 1.82) is 0 Å². The number of halogens is 1. The summed E-state index contributed by atoms with van der Waals surface area (Å²) in [5.74, 6) is 0.745. The Morgan fingerprint density at radius 3 is 2.96 bits per heavy atom. The highest BCUT2D eigenvalue weighted by Gasteiger charge is 2.25. The number of thioether (sulfide) groups is 1. The quantitative estimate of drug-likeness (QED) is 0.658. The van der Waals surface area contributed by atoms with Crippen LogP contribution in [0.3, 0.4) is 0 Å². The lowest BCUT2D eigenvalue weighted by atomic mass is 9.99. The predicted octanol–water partition coefficient (Wildman–Crippen LogP) is 3.79. The molecule has 3 rings (SSSR count). The van der Waals surface area contributed by atoms with Crippen LogP contribution in [0, 0.1) is 5.82 Å². The number of hydrogen-bond donors (Lipinski definition) is 2. The molecular weight excluding hydrogens is 375 g/mol. The number of hydrazine groups is 1. The van der Waals surface area contributed by atoms with E-state index in [2.05, 4.69) is 22.8 Å². The van der Waals surface area contributed by atoms with Crippen LogP contribution >= 0.6 is 11.8 Å². The molecule has 28 heavy (non-hydrogen) atoms. The smallest absolute Gasteiger partial charge is 0.253 e. The van der Waals surface area contributed by atoms with E-state index >= 15 is 0 Å². The van der Waals surface area contributed by atoms with E-state index in [4.69, 9.17) is 0 Å². The van der Waals surface area contributed by atoms with Gasteiger partial charge in [0.1, 0.15) is 5.82 Å². The van der Waals surface area contributed by atoms with Crippen LogP contribution in [0.2, 0.25) is 0 Å². The topological polar surface area (TPSA) is 57.3 Å². The number of carbonyl (C=O) groups is 1. The van der Waals surface area contributed by atoms with Crippen molar-refractivity contribution in [3.8, 4) is 0 Å². The van der Waals surface area contributed by atoms with Crippen LogP contribution in [0.15, 0.2) is 47.6 Å². The van der Waals surface area contributed by atoms with Crippen molar-refractivity contribution in [1.82, 2.24) is 20.7 Å². The second-order valence-electron chi connectivity index (χ2n) is 7.01. The van der Waals surface area contributed by atoms with Gasteiger partial charge in [-0.25, -0.2) is 9.37 Å². The maximum absolute atomic E-state index is 13.4. The standard InChI is InChI=1S/C21H27FN4OS/c1-3-28-20-13-16(9-10-23-20)21(27)26(2)11-5-8-18-14-19(25-24-18)15-6-4-7-17(22)12-15/h4,6-7,9-10,12-13,18-19,24-25H,3,5,8,11,14H2,1-2H3. The Labute approximate surface area is 170 Å². The van der Waals surface area contributed by atoms with Crippen LogP contribution in [-0.4, -0.2) is 41.2 Å². The zero-order valence-corrected chi connectivity index (χ0v) is 17.1. The van der Waals surface area contributed by atoms with Crippen LogP contribution in [0.25, 0.3) is 0 Å². The van der Waals surface area contributed by atoms with Crippen molar-refractivity contribution in [2.75, 3.05) is 19.3 Å². The Kier molecular flexibility index (Phi) is 7.42. The molecule has 5 nitrogen and oxygen atoms in total. The lowest BCUT2D eigenvalue weighted by Gasteiger charge is -2.18. The first-order chi connectivity index (χ1) is 13.6. The van der Waals surface area contributed by atoms with Gasteiger partial charge in [-0.1, -0.05) is 19.1 Å². The van der Waals surface area contributed by atoms with E-state index in [9.17, 15) is 9.18 Å². The summed E-state index contributed by atoms with van der Waals surface area (Å²) < 4.78 is 13.4. The number of nitrogens with one attached hydrogen (secondary N) is 2. The Hall–Kier alpha value is -1.96. The molecule has 2 unspecified atom stereocenters. The molecule has 2 N–H and O–H groups in total. The molecule has 2 heterocycles. The summed E-state index contributed by atoms with van der Waals surface area (Å²) in [7, 11) is 1.84. The molecule has 1 amide bonds. The van der Waals surface area contributed by atoms with E-state index in [0.717, 1.165) is 35.6 Å². The highest BCUT2D eigenvalue weighted by atomic mass is 32.2. The summed E-state index contributed by atoms with van der Waals surface area (Å²) in [6, 6.07) is 10.8. The van der Waals surface area contributed by atoms with Gasteiger partial charge >= 0.3 is 0 Å². The van der Waals surface area contributed by atoms with E-state index in [1.165, 1.54) is 6.07 Å². The number of nitrogens with zero attached hydrogens (tertiary/aromatic N) is 2. The molecule has 0 aliphatic carbocycles. The zero-order chi connectivity index (χ0) is 19.9. The van der Waals surface area contributed by atoms with Gasteiger partial charge in [-0.3, -0.25) is 15.6 Å². The lowest BCUT2D eigenvalue weighted by Crippen LogP contribution is -2.32. The largest absolute Gasteiger partial charge is 0.342 e. The second kappa shape index (κ2) is 10.0. The van der Waals surface area contributed by atoms with Crippen molar-refractivity contribution >= 4 is 17.7 Å². The van der Waals surface area contributed by atoms with Gasteiger partial charge in [0, 0.05) is 37.4 Å². The van der Waals surface area contributed by atoms with Crippen molar-refractivity contribution in [2.45, 2.75) is 43.3 Å². The average Bonchev–Trinajstić information content (AvgIpc) is 3.17. The second-order valence-corrected chi connectivity index (χ2v) is 8.30. The molecule has 1 aliphatic rings. The van der Waals surface area contributed by atoms with Gasteiger partial charge in [0.25, 0.3) is 5.91 Å². The molecule has 0 saturated carbocycles. The van der Waals surface area contributed by atoms with E-state index < -0.39 is 0 Å². The van der Waals surface area contributed by atoms with E-state index in [-0.39, 0.29) is 17.8 Å². The van der Waals surface area contributed by atoms with Crippen LogP contribution in [0.5, 0.6) is 0 Å². The van der Waals surface area contributed by atoms with Gasteiger partial charge in [-0.15, -0.1) is 11.8 Å². The SMILES string of the molecule is CCSc1cc(C(=O)N(C)CCCC2CC(c3cccc(F)c3)NN2)ccn1. The van der Waals surface area contributed by atoms with Gasteiger partial charge in [0.15, 0.2) is 0 Å². The normalized spacial score (nSPS) is 19.0. The summed E-state index contributed by atoms with van der Waals surface area (Å²) in [4.78, 5) is 18.7. The summed E-state index contributed by atoms with van der Waals surface area (Å²) in [5.41, 5.74) is 8.18. The fourth-order valence-corrected chi connectivity index (χ4v) is 4.06. The number of carbonyl (C=O) groups excluding carboxylic acids is 1. The Balaban J connectivity index is 1.44. The molecule has 1 saturated heterocycles. The first-order valence-corrected chi connectivity index (χ1v) is 10.7. The van der Waals surface area contributed by atoms with Crippen molar-refractivity contribution in [3.05, 3.63) is 59.5 Å². The predicted molar refractivity (Wildman–Crippen MR) is 111 cm³/mol. The van der Waals surface area contributed by atoms with Crippen molar-refractivity contribution in [3.63, 3.8) is 0 Å². The van der Waals surface area contributed by atoms with Gasteiger partial charge in [0.05, 0.1) is 5.03 Å². The molecule has 1 aromatic heterocycles. The maximum atomic E-state index is 13.4. The molecule has 0 bridgehead atoms. The Morgan fingerprint density at radius 2 is 2.18 bits per heavy atom. The number of benzene rings is 1. The molecule has 150 valence electrons. The Morgan fingerprint density at radius 1 is 1.32 bits per heavy atom.